The fraction of sp³-hybridized carbons (Fsp3) is 0.385. The Hall–Kier alpha value is -1.56. The number of carbonyl (C=O) groups is 2. The van der Waals surface area contributed by atoms with Crippen molar-refractivity contribution < 1.29 is 9.59 Å². The molecule has 1 aromatic rings. The van der Waals surface area contributed by atoms with Gasteiger partial charge in [-0.25, -0.2) is 0 Å². The number of anilines is 1. The van der Waals surface area contributed by atoms with Crippen LogP contribution in [0.2, 0.25) is 0 Å². The lowest BCUT2D eigenvalue weighted by Gasteiger charge is -2.14. The number of nitrogens with one attached hydrogen (secondary N) is 1. The minimum atomic E-state index is -0.433. The van der Waals surface area contributed by atoms with E-state index < -0.39 is 6.04 Å². The number of rotatable bonds is 2. The van der Waals surface area contributed by atoms with Gasteiger partial charge in [0.2, 0.25) is 5.91 Å². The average Bonchev–Trinajstić information content (AvgIpc) is 2.65. The molecular formula is C13H16BrN3O2. The van der Waals surface area contributed by atoms with Crippen molar-refractivity contribution in [3.63, 3.8) is 0 Å². The van der Waals surface area contributed by atoms with Crippen LogP contribution in [0, 0.1) is 6.92 Å². The first-order valence-corrected chi connectivity index (χ1v) is 6.81. The molecule has 0 bridgehead atoms. The lowest BCUT2D eigenvalue weighted by molar-refractivity contribution is -0.128. The number of halogens is 1. The molecule has 0 spiro atoms. The molecule has 0 radical (unpaired) electrons. The Morgan fingerprint density at radius 3 is 2.79 bits per heavy atom. The third-order valence-corrected chi connectivity index (χ3v) is 3.85. The predicted molar refractivity (Wildman–Crippen MR) is 76.8 cm³/mol. The highest BCUT2D eigenvalue weighted by molar-refractivity contribution is 9.10. The van der Waals surface area contributed by atoms with Crippen LogP contribution >= 0.6 is 15.9 Å². The minimum Gasteiger partial charge on any atom is -0.398 e. The van der Waals surface area contributed by atoms with Gasteiger partial charge in [0, 0.05) is 29.3 Å². The average molecular weight is 326 g/mol. The molecule has 5 nitrogen and oxygen atoms in total. The second-order valence-corrected chi connectivity index (χ2v) is 5.66. The van der Waals surface area contributed by atoms with E-state index in [0.29, 0.717) is 24.2 Å². The quantitative estimate of drug-likeness (QED) is 0.805. The predicted octanol–water partition coefficient (Wildman–Crippen LogP) is 1.30. The molecule has 1 aromatic carbocycles. The summed E-state index contributed by atoms with van der Waals surface area (Å²) in [5.41, 5.74) is 7.60. The topological polar surface area (TPSA) is 75.4 Å². The summed E-state index contributed by atoms with van der Waals surface area (Å²) in [5.74, 6) is -0.312. The van der Waals surface area contributed by atoms with E-state index in [1.165, 1.54) is 0 Å². The molecule has 2 rings (SSSR count). The Labute approximate surface area is 120 Å². The molecule has 1 heterocycles. The Bertz CT molecular complexity index is 545. The van der Waals surface area contributed by atoms with E-state index in [9.17, 15) is 9.59 Å². The molecule has 19 heavy (non-hydrogen) atoms. The van der Waals surface area contributed by atoms with Crippen LogP contribution < -0.4 is 11.1 Å². The molecule has 102 valence electrons. The Morgan fingerprint density at radius 1 is 1.53 bits per heavy atom. The summed E-state index contributed by atoms with van der Waals surface area (Å²) < 4.78 is 0.746. The lowest BCUT2D eigenvalue weighted by atomic mass is 10.1. The fourth-order valence-electron chi connectivity index (χ4n) is 2.13. The molecule has 1 saturated heterocycles. The summed E-state index contributed by atoms with van der Waals surface area (Å²) in [6, 6.07) is 3.03. The molecule has 0 aromatic heterocycles. The van der Waals surface area contributed by atoms with Gasteiger partial charge in [0.25, 0.3) is 5.91 Å². The van der Waals surface area contributed by atoms with Crippen molar-refractivity contribution in [3.8, 4) is 0 Å². The zero-order valence-electron chi connectivity index (χ0n) is 10.9. The zero-order valence-corrected chi connectivity index (χ0v) is 12.5. The Kier molecular flexibility index (Phi) is 3.80. The number of hydrogen-bond acceptors (Lipinski definition) is 3. The summed E-state index contributed by atoms with van der Waals surface area (Å²) in [4.78, 5) is 25.6. The van der Waals surface area contributed by atoms with Crippen molar-refractivity contribution in [1.29, 1.82) is 0 Å². The second-order valence-electron chi connectivity index (χ2n) is 4.74. The third kappa shape index (κ3) is 2.73. The van der Waals surface area contributed by atoms with Crippen LogP contribution in [-0.2, 0) is 4.79 Å². The maximum Gasteiger partial charge on any atom is 0.252 e. The molecule has 1 atom stereocenters. The number of hydrogen-bond donors (Lipinski definition) is 2. The van der Waals surface area contributed by atoms with E-state index >= 15 is 0 Å². The fourth-order valence-corrected chi connectivity index (χ4v) is 2.60. The van der Waals surface area contributed by atoms with Gasteiger partial charge >= 0.3 is 0 Å². The van der Waals surface area contributed by atoms with Crippen LogP contribution in [0.5, 0.6) is 0 Å². The summed E-state index contributed by atoms with van der Waals surface area (Å²) in [7, 11) is 1.73. The van der Waals surface area contributed by atoms with Gasteiger partial charge in [-0.2, -0.15) is 0 Å². The molecular weight excluding hydrogens is 310 g/mol. The molecule has 1 fully saturated rings. The number of likely N-dealkylation sites (N-methyl/N-ethyl adjacent to an activating group) is 1. The van der Waals surface area contributed by atoms with Gasteiger partial charge in [0.05, 0.1) is 0 Å². The molecule has 3 N–H and O–H groups in total. The monoisotopic (exact) mass is 325 g/mol. The summed E-state index contributed by atoms with van der Waals surface area (Å²) >= 11 is 3.31. The largest absolute Gasteiger partial charge is 0.398 e. The standard InChI is InChI=1S/C13H16BrN3O2/c1-7-9(5-8(14)6-10(7)15)12(18)16-11-3-4-17(2)13(11)19/h5-6,11H,3-4,15H2,1-2H3,(H,16,18). The van der Waals surface area contributed by atoms with Crippen molar-refractivity contribution in [1.82, 2.24) is 10.2 Å². The van der Waals surface area contributed by atoms with Crippen molar-refractivity contribution >= 4 is 33.4 Å². The SMILES string of the molecule is Cc1c(N)cc(Br)cc1C(=O)NC1CCN(C)C1=O. The van der Waals surface area contributed by atoms with Crippen LogP contribution in [0.4, 0.5) is 5.69 Å². The van der Waals surface area contributed by atoms with Crippen LogP contribution in [0.25, 0.3) is 0 Å². The van der Waals surface area contributed by atoms with Gasteiger partial charge in [-0.1, -0.05) is 15.9 Å². The number of nitrogens with two attached hydrogens (primary N) is 1. The molecule has 0 saturated carbocycles. The Morgan fingerprint density at radius 2 is 2.21 bits per heavy atom. The maximum atomic E-state index is 12.2. The van der Waals surface area contributed by atoms with E-state index in [1.54, 1.807) is 31.0 Å². The number of benzene rings is 1. The lowest BCUT2D eigenvalue weighted by Crippen LogP contribution is -2.40. The molecule has 1 aliphatic rings. The summed E-state index contributed by atoms with van der Waals surface area (Å²) in [5, 5.41) is 2.76. The van der Waals surface area contributed by atoms with Crippen LogP contribution in [-0.4, -0.2) is 36.3 Å². The first-order chi connectivity index (χ1) is 8.90. The number of amides is 2. The highest BCUT2D eigenvalue weighted by atomic mass is 79.9. The van der Waals surface area contributed by atoms with E-state index in [0.717, 1.165) is 10.0 Å². The van der Waals surface area contributed by atoms with Crippen LogP contribution in [0.3, 0.4) is 0 Å². The van der Waals surface area contributed by atoms with Gasteiger partial charge < -0.3 is 16.0 Å². The first-order valence-electron chi connectivity index (χ1n) is 6.01. The highest BCUT2D eigenvalue weighted by Crippen LogP contribution is 2.23. The van der Waals surface area contributed by atoms with E-state index in [-0.39, 0.29) is 11.8 Å². The first kappa shape index (κ1) is 13.9. The van der Waals surface area contributed by atoms with Crippen LogP contribution in [0.15, 0.2) is 16.6 Å². The van der Waals surface area contributed by atoms with Gasteiger partial charge in [0.1, 0.15) is 6.04 Å². The third-order valence-electron chi connectivity index (χ3n) is 3.39. The van der Waals surface area contributed by atoms with Crippen molar-refractivity contribution in [2.45, 2.75) is 19.4 Å². The van der Waals surface area contributed by atoms with Gasteiger partial charge in [-0.15, -0.1) is 0 Å². The molecule has 1 unspecified atom stereocenters. The Balaban J connectivity index is 2.19. The zero-order chi connectivity index (χ0) is 14.2. The number of carbonyl (C=O) groups excluding carboxylic acids is 2. The van der Waals surface area contributed by atoms with Crippen molar-refractivity contribution in [3.05, 3.63) is 27.7 Å². The van der Waals surface area contributed by atoms with Gasteiger partial charge in [-0.3, -0.25) is 9.59 Å². The minimum absolute atomic E-state index is 0.0472. The summed E-state index contributed by atoms with van der Waals surface area (Å²) in [6.07, 6.45) is 0.642. The van der Waals surface area contributed by atoms with E-state index in [1.807, 2.05) is 0 Å². The van der Waals surface area contributed by atoms with E-state index in [2.05, 4.69) is 21.2 Å². The van der Waals surface area contributed by atoms with Crippen molar-refractivity contribution in [2.24, 2.45) is 0 Å². The van der Waals surface area contributed by atoms with Crippen molar-refractivity contribution in [2.75, 3.05) is 19.3 Å². The number of likely N-dealkylation sites (tertiary alicyclic amines) is 1. The van der Waals surface area contributed by atoms with Crippen LogP contribution in [0.1, 0.15) is 22.3 Å². The smallest absolute Gasteiger partial charge is 0.252 e. The maximum absolute atomic E-state index is 12.2. The van der Waals surface area contributed by atoms with E-state index in [4.69, 9.17) is 5.73 Å². The second kappa shape index (κ2) is 5.21. The molecule has 6 heteroatoms. The van der Waals surface area contributed by atoms with Gasteiger partial charge in [-0.05, 0) is 31.0 Å². The molecule has 0 aliphatic carbocycles. The number of nitrogen functional groups attached to an aromatic ring is 1. The summed E-state index contributed by atoms with van der Waals surface area (Å²) in [6.45, 7) is 2.46. The molecule has 2 amide bonds. The molecule has 1 aliphatic heterocycles. The number of nitrogens with zero attached hydrogens (tertiary/aromatic N) is 1. The van der Waals surface area contributed by atoms with Gasteiger partial charge in [0.15, 0.2) is 0 Å². The highest BCUT2D eigenvalue weighted by Gasteiger charge is 2.30. The normalized spacial score (nSPS) is 18.8.